The lowest BCUT2D eigenvalue weighted by molar-refractivity contribution is -0.209. The number of aliphatic hydroxyl groups excluding tert-OH is 2. The molecule has 3 N–H and O–H groups in total. The van der Waals surface area contributed by atoms with Crippen LogP contribution in [0.5, 0.6) is 0 Å². The smallest absolute Gasteiger partial charge is 0.338 e. The zero-order valence-corrected chi connectivity index (χ0v) is 33.3. The minimum atomic E-state index is -0.991. The molecule has 13 nitrogen and oxygen atoms in total. The van der Waals surface area contributed by atoms with E-state index in [2.05, 4.69) is 5.32 Å². The van der Waals surface area contributed by atoms with Gasteiger partial charge < -0.3 is 44.1 Å². The van der Waals surface area contributed by atoms with Crippen LogP contribution in [0.1, 0.15) is 87.2 Å². The number of esters is 2. The lowest BCUT2D eigenvalue weighted by atomic mass is 9.90. The zero-order valence-electron chi connectivity index (χ0n) is 33.3. The minimum Gasteiger partial charge on any atom is -0.499 e. The molecule has 0 radical (unpaired) electrons. The van der Waals surface area contributed by atoms with E-state index in [0.29, 0.717) is 11.1 Å². The number of nitrogens with one attached hydrogen (secondary N) is 1. The van der Waals surface area contributed by atoms with Crippen molar-refractivity contribution < 1.29 is 53.1 Å². The van der Waals surface area contributed by atoms with E-state index >= 15 is 0 Å². The fraction of sp³-hybridized carbons (Fsp3) is 0.545. The summed E-state index contributed by atoms with van der Waals surface area (Å²) in [6.07, 6.45) is 7.12. The van der Waals surface area contributed by atoms with Crippen LogP contribution in [0.4, 0.5) is 0 Å². The molecule has 0 aromatic heterocycles. The van der Waals surface area contributed by atoms with Crippen LogP contribution in [0.25, 0.3) is 6.08 Å². The number of hydrogen-bond acceptors (Lipinski definition) is 11. The van der Waals surface area contributed by atoms with Crippen molar-refractivity contribution in [2.75, 3.05) is 26.9 Å². The number of carbonyl (C=O) groups is 4. The molecule has 0 spiro atoms. The molecule has 4 aliphatic rings. The van der Waals surface area contributed by atoms with Crippen LogP contribution in [0.2, 0.25) is 0 Å². The van der Waals surface area contributed by atoms with Gasteiger partial charge in [-0.1, -0.05) is 42.5 Å². The second-order valence-electron chi connectivity index (χ2n) is 16.4. The van der Waals surface area contributed by atoms with Crippen molar-refractivity contribution in [3.8, 4) is 0 Å². The Morgan fingerprint density at radius 1 is 0.982 bits per heavy atom. The monoisotopic (exact) mass is 788 g/mol. The molecule has 3 fully saturated rings. The van der Waals surface area contributed by atoms with Crippen LogP contribution in [0.15, 0.2) is 72.5 Å². The maximum absolute atomic E-state index is 14.5. The van der Waals surface area contributed by atoms with Gasteiger partial charge in [0.25, 0.3) is 0 Å². The van der Waals surface area contributed by atoms with Crippen LogP contribution in [-0.4, -0.2) is 108 Å². The first-order valence-electron chi connectivity index (χ1n) is 20.0. The number of nitrogens with zero attached hydrogens (tertiary/aromatic N) is 1. The quantitative estimate of drug-likeness (QED) is 0.111. The van der Waals surface area contributed by atoms with E-state index in [-0.39, 0.29) is 50.7 Å². The highest BCUT2D eigenvalue weighted by Gasteiger charge is 2.64. The maximum Gasteiger partial charge on any atom is 0.338 e. The van der Waals surface area contributed by atoms with Crippen LogP contribution in [-0.2, 0) is 44.5 Å². The fourth-order valence-electron chi connectivity index (χ4n) is 7.55. The molecule has 0 unspecified atom stereocenters. The van der Waals surface area contributed by atoms with Gasteiger partial charge in [-0.3, -0.25) is 14.4 Å². The maximum atomic E-state index is 14.5. The average molecular weight is 789 g/mol. The van der Waals surface area contributed by atoms with Gasteiger partial charge in [0.05, 0.1) is 31.1 Å². The van der Waals surface area contributed by atoms with E-state index in [1.165, 1.54) is 11.2 Å². The first kappa shape index (κ1) is 42.1. The SMILES string of the molecule is CN(C(=O)C1=C[C@H]2OC(C3CC3)(C3CC3)O[C@H]2[C@H](OC(=O)c2ccc(C=COCCO)cc2)C1)[C@H](Cc1ccccc1)C(=O)N[C@H](CO)CCC(=O)OC(C)(C)C. The van der Waals surface area contributed by atoms with E-state index in [9.17, 15) is 24.3 Å². The minimum absolute atomic E-state index is 0.0106. The molecule has 308 valence electrons. The number of likely N-dealkylation sites (N-methyl/N-ethyl adjacent to an activating group) is 1. The second kappa shape index (κ2) is 18.4. The Balaban J connectivity index is 1.21. The molecule has 5 atom stereocenters. The highest BCUT2D eigenvalue weighted by Crippen LogP contribution is 2.59. The number of amides is 2. The van der Waals surface area contributed by atoms with Gasteiger partial charge in [0.1, 0.15) is 36.6 Å². The van der Waals surface area contributed by atoms with Gasteiger partial charge in [0.15, 0.2) is 5.79 Å². The molecule has 6 rings (SSSR count). The summed E-state index contributed by atoms with van der Waals surface area (Å²) in [6, 6.07) is 14.4. The van der Waals surface area contributed by atoms with E-state index in [1.54, 1.807) is 64.2 Å². The lowest BCUT2D eigenvalue weighted by Gasteiger charge is -2.34. The third-order valence-corrected chi connectivity index (χ3v) is 10.7. The topological polar surface area (TPSA) is 170 Å². The second-order valence-corrected chi connectivity index (χ2v) is 16.4. The summed E-state index contributed by atoms with van der Waals surface area (Å²) in [5.41, 5.74) is 1.59. The van der Waals surface area contributed by atoms with Crippen molar-refractivity contribution in [2.45, 2.75) is 114 Å². The van der Waals surface area contributed by atoms with Crippen LogP contribution in [0.3, 0.4) is 0 Å². The van der Waals surface area contributed by atoms with E-state index < -0.39 is 72.1 Å². The van der Waals surface area contributed by atoms with Crippen molar-refractivity contribution in [1.82, 2.24) is 10.2 Å². The molecule has 2 aromatic rings. The summed E-state index contributed by atoms with van der Waals surface area (Å²) in [7, 11) is 1.56. The highest BCUT2D eigenvalue weighted by molar-refractivity contribution is 5.97. The molecule has 2 amide bonds. The number of rotatable bonds is 18. The third kappa shape index (κ3) is 10.9. The lowest BCUT2D eigenvalue weighted by Crippen LogP contribution is -2.53. The number of aliphatic hydroxyl groups is 2. The van der Waals surface area contributed by atoms with Crippen molar-refractivity contribution >= 4 is 29.8 Å². The van der Waals surface area contributed by atoms with Crippen LogP contribution < -0.4 is 5.32 Å². The number of hydrogen-bond donors (Lipinski definition) is 3. The van der Waals surface area contributed by atoms with Gasteiger partial charge in [-0.15, -0.1) is 0 Å². The molecule has 13 heteroatoms. The Labute approximate surface area is 334 Å². The number of ether oxygens (including phenoxy) is 5. The van der Waals surface area contributed by atoms with Gasteiger partial charge in [-0.05, 0) is 88.3 Å². The Morgan fingerprint density at radius 2 is 1.67 bits per heavy atom. The molecule has 2 aromatic carbocycles. The standard InChI is InChI=1S/C44H56N2O11/c1-43(2,3)56-38(49)19-18-34(27-48)45-40(50)35(24-29-8-6-5-7-9-29)46(4)41(51)31-25-36(39-37(26-31)55-44(57-39,32-14-15-32)33-16-17-33)54-42(52)30-12-10-28(11-13-30)20-22-53-23-21-47/h5-13,20,22,26,32-37,39,47-48H,14-19,21,23-25,27H2,1-4H3,(H,45,50)/t34-,35+,36+,37+,39-/m0/s1. The average Bonchev–Trinajstić information content (AvgIpc) is 4.14. The Kier molecular flexibility index (Phi) is 13.5. The number of fused-ring (bicyclic) bond motifs is 1. The van der Waals surface area contributed by atoms with Crippen molar-refractivity contribution in [2.24, 2.45) is 11.8 Å². The molecule has 1 aliphatic heterocycles. The summed E-state index contributed by atoms with van der Waals surface area (Å²) in [5, 5.41) is 21.9. The van der Waals surface area contributed by atoms with Crippen LogP contribution in [0, 0.1) is 11.8 Å². The number of benzene rings is 2. The first-order chi connectivity index (χ1) is 27.3. The van der Waals surface area contributed by atoms with Gasteiger partial charge >= 0.3 is 11.9 Å². The molecule has 0 bridgehead atoms. The Hall–Kier alpha value is -4.56. The Morgan fingerprint density at radius 3 is 2.28 bits per heavy atom. The number of carbonyl (C=O) groups excluding carboxylic acids is 4. The van der Waals surface area contributed by atoms with Gasteiger partial charge in [0.2, 0.25) is 11.8 Å². The zero-order chi connectivity index (χ0) is 40.7. The summed E-state index contributed by atoms with van der Waals surface area (Å²) in [4.78, 5) is 56.1. The van der Waals surface area contributed by atoms with E-state index in [1.807, 2.05) is 30.3 Å². The molecular formula is C44H56N2O11. The summed E-state index contributed by atoms with van der Waals surface area (Å²) < 4.78 is 30.3. The first-order valence-corrected chi connectivity index (χ1v) is 20.0. The Bertz CT molecular complexity index is 1770. The molecule has 1 saturated heterocycles. The van der Waals surface area contributed by atoms with Crippen molar-refractivity contribution in [3.63, 3.8) is 0 Å². The largest absolute Gasteiger partial charge is 0.499 e. The fourth-order valence-corrected chi connectivity index (χ4v) is 7.55. The van der Waals surface area contributed by atoms with Crippen molar-refractivity contribution in [1.29, 1.82) is 0 Å². The van der Waals surface area contributed by atoms with E-state index in [0.717, 1.165) is 36.8 Å². The molecule has 3 aliphatic carbocycles. The predicted octanol–water partition coefficient (Wildman–Crippen LogP) is 4.49. The predicted molar refractivity (Wildman–Crippen MR) is 209 cm³/mol. The van der Waals surface area contributed by atoms with Gasteiger partial charge in [-0.2, -0.15) is 0 Å². The summed E-state index contributed by atoms with van der Waals surface area (Å²) in [5.74, 6) is -2.26. The summed E-state index contributed by atoms with van der Waals surface area (Å²) in [6.45, 7) is 4.98. The normalized spacial score (nSPS) is 22.5. The van der Waals surface area contributed by atoms with Gasteiger partial charge in [0, 0.05) is 43.7 Å². The third-order valence-electron chi connectivity index (χ3n) is 10.7. The van der Waals surface area contributed by atoms with Gasteiger partial charge in [-0.25, -0.2) is 4.79 Å². The molecule has 2 saturated carbocycles. The molecule has 1 heterocycles. The summed E-state index contributed by atoms with van der Waals surface area (Å²) >= 11 is 0. The van der Waals surface area contributed by atoms with Crippen LogP contribution >= 0.6 is 0 Å². The van der Waals surface area contributed by atoms with Crippen molar-refractivity contribution in [3.05, 3.63) is 89.2 Å². The molecule has 57 heavy (non-hydrogen) atoms. The highest BCUT2D eigenvalue weighted by atomic mass is 16.8. The van der Waals surface area contributed by atoms with E-state index in [4.69, 9.17) is 28.8 Å². The molecular weight excluding hydrogens is 732 g/mol.